The van der Waals surface area contributed by atoms with Crippen molar-refractivity contribution in [1.82, 2.24) is 0 Å². The van der Waals surface area contributed by atoms with Crippen LogP contribution >= 0.6 is 0 Å². The number of esters is 1. The first-order valence-electron chi connectivity index (χ1n) is 5.27. The first-order valence-corrected chi connectivity index (χ1v) is 5.27. The molecule has 0 aliphatic carbocycles. The Balaban J connectivity index is 3.40. The van der Waals surface area contributed by atoms with E-state index in [-0.39, 0.29) is 35.4 Å². The molecule has 0 aromatic heterocycles. The zero-order chi connectivity index (χ0) is 13.7. The number of nitriles is 1. The highest BCUT2D eigenvalue weighted by atomic mass is 19.3. The Bertz CT molecular complexity index is 496. The summed E-state index contributed by atoms with van der Waals surface area (Å²) < 4.78 is 30.0. The number of alkyl halides is 2. The second kappa shape index (κ2) is 6.07. The van der Waals surface area contributed by atoms with E-state index in [0.29, 0.717) is 0 Å². The van der Waals surface area contributed by atoms with Gasteiger partial charge in [0.2, 0.25) is 0 Å². The average Bonchev–Trinajstić information content (AvgIpc) is 2.36. The van der Waals surface area contributed by atoms with Crippen LogP contribution in [0.15, 0.2) is 12.1 Å². The average molecular weight is 254 g/mol. The highest BCUT2D eigenvalue weighted by Crippen LogP contribution is 2.25. The lowest BCUT2D eigenvalue weighted by atomic mass is 9.98. The third kappa shape index (κ3) is 2.81. The van der Waals surface area contributed by atoms with Crippen molar-refractivity contribution in [3.05, 3.63) is 34.4 Å². The Morgan fingerprint density at radius 1 is 1.56 bits per heavy atom. The maximum atomic E-state index is 12.6. The molecule has 2 N–H and O–H groups in total. The van der Waals surface area contributed by atoms with Gasteiger partial charge in [0.25, 0.3) is 6.43 Å². The van der Waals surface area contributed by atoms with Crippen molar-refractivity contribution >= 4 is 5.97 Å². The minimum absolute atomic E-state index is 0.0359. The molecule has 0 fully saturated rings. The number of hydrogen-bond donors (Lipinski definition) is 1. The molecule has 0 bridgehead atoms. The highest BCUT2D eigenvalue weighted by Gasteiger charge is 2.20. The minimum atomic E-state index is -2.72. The van der Waals surface area contributed by atoms with Gasteiger partial charge in [0.1, 0.15) is 6.07 Å². The van der Waals surface area contributed by atoms with E-state index in [1.807, 2.05) is 0 Å². The molecule has 0 heterocycles. The van der Waals surface area contributed by atoms with Crippen molar-refractivity contribution in [3.63, 3.8) is 0 Å². The number of carbonyl (C=O) groups excluding carboxylic acids is 1. The lowest BCUT2D eigenvalue weighted by Crippen LogP contribution is -2.14. The summed E-state index contributed by atoms with van der Waals surface area (Å²) in [5, 5.41) is 8.92. The molecule has 0 spiro atoms. The number of benzene rings is 1. The molecule has 96 valence electrons. The summed E-state index contributed by atoms with van der Waals surface area (Å²) in [5.41, 5.74) is 5.08. The fourth-order valence-electron chi connectivity index (χ4n) is 1.55. The van der Waals surface area contributed by atoms with Gasteiger partial charge in [0.05, 0.1) is 17.7 Å². The van der Waals surface area contributed by atoms with E-state index >= 15 is 0 Å². The van der Waals surface area contributed by atoms with E-state index < -0.39 is 12.4 Å². The summed E-state index contributed by atoms with van der Waals surface area (Å²) in [6.45, 7) is 1.62. The maximum Gasteiger partial charge on any atom is 0.339 e. The molecule has 6 heteroatoms. The van der Waals surface area contributed by atoms with E-state index in [9.17, 15) is 13.6 Å². The van der Waals surface area contributed by atoms with Crippen LogP contribution in [-0.4, -0.2) is 12.6 Å². The Morgan fingerprint density at radius 2 is 2.22 bits per heavy atom. The SMILES string of the molecule is CCOC(=O)c1c(C#N)cc(C(F)F)cc1CN. The van der Waals surface area contributed by atoms with Crippen molar-refractivity contribution in [1.29, 1.82) is 5.26 Å². The molecule has 1 aromatic carbocycles. The van der Waals surface area contributed by atoms with Crippen LogP contribution in [0.5, 0.6) is 0 Å². The third-order valence-corrected chi connectivity index (χ3v) is 2.31. The fourth-order valence-corrected chi connectivity index (χ4v) is 1.55. The normalized spacial score (nSPS) is 10.2. The number of nitrogens with two attached hydrogens (primary N) is 1. The van der Waals surface area contributed by atoms with Gasteiger partial charge in [-0.15, -0.1) is 0 Å². The van der Waals surface area contributed by atoms with Crippen molar-refractivity contribution in [2.75, 3.05) is 6.61 Å². The second-order valence-electron chi connectivity index (χ2n) is 3.44. The zero-order valence-corrected chi connectivity index (χ0v) is 9.74. The van der Waals surface area contributed by atoms with E-state index in [0.717, 1.165) is 12.1 Å². The Hall–Kier alpha value is -2.00. The molecule has 1 aromatic rings. The van der Waals surface area contributed by atoms with Crippen molar-refractivity contribution in [2.45, 2.75) is 19.9 Å². The van der Waals surface area contributed by atoms with Crippen LogP contribution in [0.4, 0.5) is 8.78 Å². The van der Waals surface area contributed by atoms with Gasteiger partial charge >= 0.3 is 5.97 Å². The number of halogens is 2. The molecule has 0 aliphatic heterocycles. The van der Waals surface area contributed by atoms with Crippen molar-refractivity contribution < 1.29 is 18.3 Å². The summed E-state index contributed by atoms with van der Waals surface area (Å²) >= 11 is 0. The maximum absolute atomic E-state index is 12.6. The van der Waals surface area contributed by atoms with E-state index in [4.69, 9.17) is 15.7 Å². The van der Waals surface area contributed by atoms with Gasteiger partial charge < -0.3 is 10.5 Å². The number of ether oxygens (including phenoxy) is 1. The highest BCUT2D eigenvalue weighted by molar-refractivity contribution is 5.94. The van der Waals surface area contributed by atoms with Crippen LogP contribution in [0.3, 0.4) is 0 Å². The number of nitrogens with zero attached hydrogens (tertiary/aromatic N) is 1. The Kier molecular flexibility index (Phi) is 4.75. The second-order valence-corrected chi connectivity index (χ2v) is 3.44. The quantitative estimate of drug-likeness (QED) is 0.835. The first kappa shape index (κ1) is 14.1. The number of rotatable bonds is 4. The Labute approximate surface area is 103 Å². The van der Waals surface area contributed by atoms with Gasteiger partial charge in [-0.05, 0) is 24.6 Å². The molecule has 0 atom stereocenters. The summed E-state index contributed by atoms with van der Waals surface area (Å²) in [6, 6.07) is 3.82. The van der Waals surface area contributed by atoms with Gasteiger partial charge in [-0.1, -0.05) is 0 Å². The zero-order valence-electron chi connectivity index (χ0n) is 9.74. The Morgan fingerprint density at radius 3 is 2.67 bits per heavy atom. The number of hydrogen-bond acceptors (Lipinski definition) is 4. The van der Waals surface area contributed by atoms with E-state index in [1.165, 1.54) is 0 Å². The molecular weight excluding hydrogens is 242 g/mol. The first-order chi connectivity index (χ1) is 8.54. The van der Waals surface area contributed by atoms with Crippen LogP contribution in [0.25, 0.3) is 0 Å². The summed E-state index contributed by atoms with van der Waals surface area (Å²) in [5.74, 6) is -0.727. The van der Waals surface area contributed by atoms with Crippen LogP contribution in [-0.2, 0) is 11.3 Å². The molecular formula is C12H12F2N2O2. The summed E-state index contributed by atoms with van der Waals surface area (Å²) in [6.07, 6.45) is -2.72. The van der Waals surface area contributed by atoms with Crippen LogP contribution in [0.2, 0.25) is 0 Å². The topological polar surface area (TPSA) is 76.1 Å². The molecule has 0 radical (unpaired) electrons. The van der Waals surface area contributed by atoms with Gasteiger partial charge in [-0.25, -0.2) is 13.6 Å². The predicted octanol–water partition coefficient (Wildman–Crippen LogP) is 2.13. The summed E-state index contributed by atoms with van der Waals surface area (Å²) in [4.78, 5) is 11.7. The van der Waals surface area contributed by atoms with Gasteiger partial charge in [0, 0.05) is 12.1 Å². The fraction of sp³-hybridized carbons (Fsp3) is 0.333. The van der Waals surface area contributed by atoms with E-state index in [2.05, 4.69) is 0 Å². The summed E-state index contributed by atoms with van der Waals surface area (Å²) in [7, 11) is 0. The standard InChI is InChI=1S/C12H12F2N2O2/c1-2-18-12(17)10-8(5-15)3-7(11(13)14)4-9(10)6-16/h3-4,11H,2,5,15H2,1H3. The molecule has 0 unspecified atom stereocenters. The van der Waals surface area contributed by atoms with Crippen LogP contribution < -0.4 is 5.73 Å². The van der Waals surface area contributed by atoms with E-state index in [1.54, 1.807) is 13.0 Å². The van der Waals surface area contributed by atoms with Gasteiger partial charge in [-0.3, -0.25) is 0 Å². The molecule has 0 saturated carbocycles. The smallest absolute Gasteiger partial charge is 0.339 e. The van der Waals surface area contributed by atoms with Gasteiger partial charge in [0.15, 0.2) is 0 Å². The molecule has 0 saturated heterocycles. The van der Waals surface area contributed by atoms with Crippen molar-refractivity contribution in [2.24, 2.45) is 5.73 Å². The molecule has 1 rings (SSSR count). The van der Waals surface area contributed by atoms with Crippen LogP contribution in [0, 0.1) is 11.3 Å². The third-order valence-electron chi connectivity index (χ3n) is 2.31. The largest absolute Gasteiger partial charge is 0.462 e. The number of carbonyl (C=O) groups is 1. The van der Waals surface area contributed by atoms with Crippen molar-refractivity contribution in [3.8, 4) is 6.07 Å². The molecule has 4 nitrogen and oxygen atoms in total. The van der Waals surface area contributed by atoms with Gasteiger partial charge in [-0.2, -0.15) is 5.26 Å². The molecule has 0 aliphatic rings. The van der Waals surface area contributed by atoms with Crippen LogP contribution in [0.1, 0.15) is 40.4 Å². The lowest BCUT2D eigenvalue weighted by molar-refractivity contribution is 0.0524. The monoisotopic (exact) mass is 254 g/mol. The lowest BCUT2D eigenvalue weighted by Gasteiger charge is -2.11. The molecule has 0 amide bonds. The molecule has 18 heavy (non-hydrogen) atoms. The minimum Gasteiger partial charge on any atom is -0.462 e. The predicted molar refractivity (Wildman–Crippen MR) is 60.0 cm³/mol.